The molecule has 0 aliphatic heterocycles. The number of anilines is 1. The molecule has 0 saturated heterocycles. The Morgan fingerprint density at radius 1 is 1.39 bits per heavy atom. The van der Waals surface area contributed by atoms with Crippen molar-refractivity contribution in [3.63, 3.8) is 0 Å². The summed E-state index contributed by atoms with van der Waals surface area (Å²) in [6, 6.07) is 4.42. The van der Waals surface area contributed by atoms with Crippen LogP contribution in [0.4, 0.5) is 18.9 Å². The molecule has 18 heavy (non-hydrogen) atoms. The molecule has 0 radical (unpaired) electrons. The fourth-order valence-corrected chi connectivity index (χ4v) is 2.01. The van der Waals surface area contributed by atoms with Gasteiger partial charge in [-0.25, -0.2) is 0 Å². The van der Waals surface area contributed by atoms with E-state index in [1.54, 1.807) is 6.07 Å². The largest absolute Gasteiger partial charge is 0.411 e. The van der Waals surface area contributed by atoms with E-state index in [9.17, 15) is 18.0 Å². The highest BCUT2D eigenvalue weighted by molar-refractivity contribution is 9.10. The third kappa shape index (κ3) is 2.31. The van der Waals surface area contributed by atoms with Crippen molar-refractivity contribution in [1.82, 2.24) is 5.32 Å². The molecule has 0 atom stereocenters. The number of carbonyl (C=O) groups excluding carboxylic acids is 1. The van der Waals surface area contributed by atoms with Crippen molar-refractivity contribution in [1.29, 1.82) is 0 Å². The molecule has 98 valence electrons. The molecule has 0 unspecified atom stereocenters. The Balaban J connectivity index is 2.19. The maximum absolute atomic E-state index is 12.7. The zero-order valence-corrected chi connectivity index (χ0v) is 10.7. The van der Waals surface area contributed by atoms with Gasteiger partial charge in [0, 0.05) is 10.2 Å². The third-order valence-electron chi connectivity index (χ3n) is 2.90. The summed E-state index contributed by atoms with van der Waals surface area (Å²) >= 11 is 3.16. The zero-order valence-electron chi connectivity index (χ0n) is 9.14. The number of benzene rings is 1. The van der Waals surface area contributed by atoms with Crippen LogP contribution in [0.15, 0.2) is 22.7 Å². The van der Waals surface area contributed by atoms with Crippen LogP contribution in [0.1, 0.15) is 23.2 Å². The summed E-state index contributed by atoms with van der Waals surface area (Å²) in [6.45, 7) is 0. The number of nitrogen functional groups attached to an aromatic ring is 1. The van der Waals surface area contributed by atoms with Gasteiger partial charge in [0.1, 0.15) is 5.54 Å². The van der Waals surface area contributed by atoms with E-state index in [4.69, 9.17) is 5.73 Å². The van der Waals surface area contributed by atoms with Gasteiger partial charge in [0.05, 0.1) is 5.56 Å². The average Bonchev–Trinajstić information content (AvgIpc) is 2.97. The third-order valence-corrected chi connectivity index (χ3v) is 3.40. The minimum atomic E-state index is -4.42. The number of nitrogens with one attached hydrogen (secondary N) is 1. The fourth-order valence-electron chi connectivity index (χ4n) is 1.63. The van der Waals surface area contributed by atoms with Crippen LogP contribution < -0.4 is 11.1 Å². The van der Waals surface area contributed by atoms with Crippen molar-refractivity contribution in [2.45, 2.75) is 24.6 Å². The van der Waals surface area contributed by atoms with Gasteiger partial charge in [0.25, 0.3) is 5.91 Å². The molecule has 0 aromatic heterocycles. The first-order valence-electron chi connectivity index (χ1n) is 5.19. The summed E-state index contributed by atoms with van der Waals surface area (Å²) in [4.78, 5) is 11.8. The van der Waals surface area contributed by atoms with Crippen molar-refractivity contribution < 1.29 is 18.0 Å². The standard InChI is InChI=1S/C11H10BrF3N2O/c12-6-1-2-7(8(16)5-6)9(18)17-10(3-4-10)11(13,14)15/h1-2,5H,3-4,16H2,(H,17,18). The molecular weight excluding hydrogens is 313 g/mol. The minimum absolute atomic E-state index is 0.0497. The number of rotatable bonds is 2. The van der Waals surface area contributed by atoms with Gasteiger partial charge in [-0.15, -0.1) is 0 Å². The Bertz CT molecular complexity index is 498. The topological polar surface area (TPSA) is 55.1 Å². The summed E-state index contributed by atoms with van der Waals surface area (Å²) in [5, 5.41) is 2.02. The van der Waals surface area contributed by atoms with Crippen LogP contribution in [0.3, 0.4) is 0 Å². The first kappa shape index (κ1) is 13.2. The van der Waals surface area contributed by atoms with Gasteiger partial charge in [-0.2, -0.15) is 13.2 Å². The van der Waals surface area contributed by atoms with Crippen LogP contribution in [-0.4, -0.2) is 17.6 Å². The second kappa shape index (κ2) is 4.15. The maximum Gasteiger partial charge on any atom is 0.411 e. The number of amides is 1. The van der Waals surface area contributed by atoms with Crippen molar-refractivity contribution in [2.24, 2.45) is 0 Å². The highest BCUT2D eigenvalue weighted by Crippen LogP contribution is 2.49. The molecular formula is C11H10BrF3N2O. The lowest BCUT2D eigenvalue weighted by Crippen LogP contribution is -2.48. The number of hydrogen-bond donors (Lipinski definition) is 2. The highest BCUT2D eigenvalue weighted by Gasteiger charge is 2.64. The highest BCUT2D eigenvalue weighted by atomic mass is 79.9. The van der Waals surface area contributed by atoms with Gasteiger partial charge in [0.2, 0.25) is 0 Å². The Morgan fingerprint density at radius 2 is 2.00 bits per heavy atom. The van der Waals surface area contributed by atoms with Crippen LogP contribution in [0.2, 0.25) is 0 Å². The minimum Gasteiger partial charge on any atom is -0.398 e. The molecule has 1 aromatic rings. The van der Waals surface area contributed by atoms with E-state index >= 15 is 0 Å². The molecule has 1 aliphatic rings. The van der Waals surface area contributed by atoms with Crippen molar-refractivity contribution in [3.05, 3.63) is 28.2 Å². The molecule has 1 fully saturated rings. The summed E-state index contributed by atoms with van der Waals surface area (Å²) in [7, 11) is 0. The van der Waals surface area contributed by atoms with E-state index in [0.29, 0.717) is 4.47 Å². The van der Waals surface area contributed by atoms with Gasteiger partial charge in [-0.3, -0.25) is 4.79 Å². The summed E-state index contributed by atoms with van der Waals surface area (Å²) in [6.07, 6.45) is -4.59. The van der Waals surface area contributed by atoms with Gasteiger partial charge in [-0.05, 0) is 31.0 Å². The Kier molecular flexibility index (Phi) is 3.04. The van der Waals surface area contributed by atoms with E-state index in [-0.39, 0.29) is 24.1 Å². The number of hydrogen-bond acceptors (Lipinski definition) is 2. The number of halogens is 4. The SMILES string of the molecule is Nc1cc(Br)ccc1C(=O)NC1(C(F)(F)F)CC1. The van der Waals surface area contributed by atoms with Crippen molar-refractivity contribution in [3.8, 4) is 0 Å². The van der Waals surface area contributed by atoms with Gasteiger partial charge in [-0.1, -0.05) is 15.9 Å². The first-order valence-corrected chi connectivity index (χ1v) is 5.99. The molecule has 3 nitrogen and oxygen atoms in total. The smallest absolute Gasteiger partial charge is 0.398 e. The van der Waals surface area contributed by atoms with Gasteiger partial charge >= 0.3 is 6.18 Å². The maximum atomic E-state index is 12.7. The quantitative estimate of drug-likeness (QED) is 0.823. The van der Waals surface area contributed by atoms with Crippen molar-refractivity contribution >= 4 is 27.5 Å². The monoisotopic (exact) mass is 322 g/mol. The van der Waals surface area contributed by atoms with Crippen LogP contribution in [0.5, 0.6) is 0 Å². The fraction of sp³-hybridized carbons (Fsp3) is 0.364. The van der Waals surface area contributed by atoms with Crippen LogP contribution in [0, 0.1) is 0 Å². The van der Waals surface area contributed by atoms with E-state index in [1.807, 2.05) is 5.32 Å². The lowest BCUT2D eigenvalue weighted by molar-refractivity contribution is -0.163. The summed E-state index contributed by atoms with van der Waals surface area (Å²) < 4.78 is 38.7. The molecule has 1 amide bonds. The Hall–Kier alpha value is -1.24. The number of carbonyl (C=O) groups is 1. The predicted octanol–water partition coefficient (Wildman–Crippen LogP) is 2.86. The first-order chi connectivity index (χ1) is 8.25. The van der Waals surface area contributed by atoms with Gasteiger partial charge in [0.15, 0.2) is 0 Å². The molecule has 1 saturated carbocycles. The molecule has 1 aliphatic carbocycles. The molecule has 7 heteroatoms. The van der Waals surface area contributed by atoms with E-state index in [0.717, 1.165) is 0 Å². The van der Waals surface area contributed by atoms with Crippen LogP contribution in [0.25, 0.3) is 0 Å². The lowest BCUT2D eigenvalue weighted by Gasteiger charge is -2.21. The Labute approximate surface area is 110 Å². The molecule has 0 spiro atoms. The van der Waals surface area contributed by atoms with E-state index < -0.39 is 17.6 Å². The predicted molar refractivity (Wildman–Crippen MR) is 64.0 cm³/mol. The normalized spacial score (nSPS) is 17.3. The lowest BCUT2D eigenvalue weighted by atomic mass is 10.1. The number of nitrogens with two attached hydrogens (primary N) is 1. The molecule has 0 heterocycles. The second-order valence-electron chi connectivity index (χ2n) is 4.27. The van der Waals surface area contributed by atoms with Crippen molar-refractivity contribution in [2.75, 3.05) is 5.73 Å². The van der Waals surface area contributed by atoms with Crippen LogP contribution in [-0.2, 0) is 0 Å². The van der Waals surface area contributed by atoms with E-state index in [1.165, 1.54) is 12.1 Å². The molecule has 0 bridgehead atoms. The molecule has 3 N–H and O–H groups in total. The molecule has 2 rings (SSSR count). The molecule has 1 aromatic carbocycles. The average molecular weight is 323 g/mol. The van der Waals surface area contributed by atoms with E-state index in [2.05, 4.69) is 15.9 Å². The summed E-state index contributed by atoms with van der Waals surface area (Å²) in [5.41, 5.74) is 3.72. The second-order valence-corrected chi connectivity index (χ2v) is 5.18. The summed E-state index contributed by atoms with van der Waals surface area (Å²) in [5.74, 6) is -0.796. The van der Waals surface area contributed by atoms with Crippen LogP contribution >= 0.6 is 15.9 Å². The number of alkyl halides is 3. The Morgan fingerprint density at radius 3 is 2.44 bits per heavy atom. The zero-order chi connectivity index (χ0) is 13.6. The van der Waals surface area contributed by atoms with Gasteiger partial charge < -0.3 is 11.1 Å².